The SMILES string of the molecule is C/C=C/C1=[NH+]c2ccccc2C1(C)C. The summed E-state index contributed by atoms with van der Waals surface area (Å²) >= 11 is 0. The van der Waals surface area contributed by atoms with Crippen LogP contribution in [0, 0.1) is 0 Å². The molecule has 2 rings (SSSR count). The first kappa shape index (κ1) is 9.20. The average Bonchev–Trinajstić information content (AvgIpc) is 2.41. The molecule has 0 unspecified atom stereocenters. The van der Waals surface area contributed by atoms with E-state index in [0.717, 1.165) is 0 Å². The van der Waals surface area contributed by atoms with E-state index >= 15 is 0 Å². The van der Waals surface area contributed by atoms with Gasteiger partial charge >= 0.3 is 0 Å². The minimum Gasteiger partial charge on any atom is -0.208 e. The Hall–Kier alpha value is -1.37. The lowest BCUT2D eigenvalue weighted by Crippen LogP contribution is -2.65. The fourth-order valence-corrected chi connectivity index (χ4v) is 2.00. The van der Waals surface area contributed by atoms with Crippen LogP contribution in [0.2, 0.25) is 0 Å². The number of para-hydroxylation sites is 1. The minimum absolute atomic E-state index is 0.114. The van der Waals surface area contributed by atoms with Crippen LogP contribution < -0.4 is 4.99 Å². The molecule has 14 heavy (non-hydrogen) atoms. The van der Waals surface area contributed by atoms with Crippen molar-refractivity contribution in [3.8, 4) is 0 Å². The van der Waals surface area contributed by atoms with Gasteiger partial charge in [-0.1, -0.05) is 24.3 Å². The maximum Gasteiger partial charge on any atom is 0.208 e. The normalized spacial score (nSPS) is 18.4. The van der Waals surface area contributed by atoms with Crippen LogP contribution in [-0.4, -0.2) is 5.71 Å². The van der Waals surface area contributed by atoms with E-state index in [1.165, 1.54) is 17.0 Å². The number of hydrogen-bond donors (Lipinski definition) is 1. The molecule has 1 aliphatic heterocycles. The van der Waals surface area contributed by atoms with Gasteiger partial charge in [0.2, 0.25) is 5.69 Å². The molecule has 0 amide bonds. The summed E-state index contributed by atoms with van der Waals surface area (Å²) in [6, 6.07) is 8.49. The van der Waals surface area contributed by atoms with Crippen LogP contribution in [-0.2, 0) is 5.41 Å². The van der Waals surface area contributed by atoms with Gasteiger partial charge in [0.1, 0.15) is 0 Å². The summed E-state index contributed by atoms with van der Waals surface area (Å²) in [5.41, 5.74) is 4.02. The van der Waals surface area contributed by atoms with E-state index in [4.69, 9.17) is 0 Å². The Morgan fingerprint density at radius 1 is 1.21 bits per heavy atom. The summed E-state index contributed by atoms with van der Waals surface area (Å²) in [4.78, 5) is 3.46. The predicted molar refractivity (Wildman–Crippen MR) is 59.9 cm³/mol. The van der Waals surface area contributed by atoms with E-state index in [1.807, 2.05) is 6.92 Å². The molecular formula is C13H16N+. The third-order valence-electron chi connectivity index (χ3n) is 2.88. The molecule has 0 radical (unpaired) electrons. The molecule has 0 saturated carbocycles. The number of allylic oxidation sites excluding steroid dienone is 2. The highest BCUT2D eigenvalue weighted by Crippen LogP contribution is 2.31. The van der Waals surface area contributed by atoms with Gasteiger partial charge in [-0.2, -0.15) is 0 Å². The average molecular weight is 186 g/mol. The first-order valence-electron chi connectivity index (χ1n) is 5.03. The van der Waals surface area contributed by atoms with Crippen molar-refractivity contribution in [2.75, 3.05) is 0 Å². The van der Waals surface area contributed by atoms with Gasteiger partial charge in [0, 0.05) is 17.7 Å². The molecule has 0 aromatic heterocycles. The lowest BCUT2D eigenvalue weighted by atomic mass is 9.81. The molecule has 0 bridgehead atoms. The van der Waals surface area contributed by atoms with Crippen molar-refractivity contribution in [3.63, 3.8) is 0 Å². The predicted octanol–water partition coefficient (Wildman–Crippen LogP) is 1.71. The van der Waals surface area contributed by atoms with Gasteiger partial charge in [0.25, 0.3) is 0 Å². The zero-order chi connectivity index (χ0) is 10.2. The standard InChI is InChI=1S/C13H15N/c1-4-7-12-13(2,3)10-8-5-6-9-11(10)14-12/h4-9H,1-3H3/p+1/b7-4+. The lowest BCUT2D eigenvalue weighted by molar-refractivity contribution is -0.349. The molecule has 1 aromatic rings. The van der Waals surface area contributed by atoms with Crippen LogP contribution in [0.15, 0.2) is 36.4 Å². The van der Waals surface area contributed by atoms with Gasteiger partial charge in [-0.25, -0.2) is 4.99 Å². The van der Waals surface area contributed by atoms with Gasteiger partial charge < -0.3 is 0 Å². The third kappa shape index (κ3) is 1.20. The molecule has 1 aromatic carbocycles. The number of hydrogen-bond acceptors (Lipinski definition) is 0. The maximum atomic E-state index is 3.46. The van der Waals surface area contributed by atoms with Gasteiger partial charge in [-0.15, -0.1) is 0 Å². The van der Waals surface area contributed by atoms with E-state index in [-0.39, 0.29) is 5.41 Å². The number of benzene rings is 1. The molecule has 72 valence electrons. The zero-order valence-corrected chi connectivity index (χ0v) is 8.96. The summed E-state index contributed by atoms with van der Waals surface area (Å²) in [5.74, 6) is 0. The second-order valence-electron chi connectivity index (χ2n) is 4.21. The Morgan fingerprint density at radius 2 is 1.93 bits per heavy atom. The Kier molecular flexibility index (Phi) is 2.03. The molecule has 1 N–H and O–H groups in total. The van der Waals surface area contributed by atoms with E-state index < -0.39 is 0 Å². The van der Waals surface area contributed by atoms with Gasteiger partial charge in [-0.05, 0) is 20.8 Å². The summed E-state index contributed by atoms with van der Waals surface area (Å²) in [7, 11) is 0. The van der Waals surface area contributed by atoms with Crippen molar-refractivity contribution in [1.29, 1.82) is 0 Å². The van der Waals surface area contributed by atoms with Crippen LogP contribution in [0.4, 0.5) is 5.69 Å². The monoisotopic (exact) mass is 186 g/mol. The lowest BCUT2D eigenvalue weighted by Gasteiger charge is -2.14. The maximum absolute atomic E-state index is 3.46. The zero-order valence-electron chi connectivity index (χ0n) is 8.96. The first-order chi connectivity index (χ1) is 6.66. The van der Waals surface area contributed by atoms with Crippen molar-refractivity contribution in [1.82, 2.24) is 0 Å². The van der Waals surface area contributed by atoms with Gasteiger partial charge in [-0.3, -0.25) is 0 Å². The highest BCUT2D eigenvalue weighted by molar-refractivity contribution is 6.01. The van der Waals surface area contributed by atoms with Gasteiger partial charge in [0.15, 0.2) is 5.71 Å². The first-order valence-corrected chi connectivity index (χ1v) is 5.03. The summed E-state index contributed by atoms with van der Waals surface area (Å²) in [6.45, 7) is 6.55. The molecule has 0 spiro atoms. The fraction of sp³-hybridized carbons (Fsp3) is 0.308. The molecule has 1 heteroatoms. The number of rotatable bonds is 1. The van der Waals surface area contributed by atoms with Crippen LogP contribution in [0.5, 0.6) is 0 Å². The van der Waals surface area contributed by atoms with Crippen LogP contribution >= 0.6 is 0 Å². The molecule has 0 atom stereocenters. The molecular weight excluding hydrogens is 170 g/mol. The minimum atomic E-state index is 0.114. The third-order valence-corrected chi connectivity index (χ3v) is 2.88. The van der Waals surface area contributed by atoms with Crippen LogP contribution in [0.25, 0.3) is 0 Å². The molecule has 1 heterocycles. The summed E-state index contributed by atoms with van der Waals surface area (Å²) < 4.78 is 0. The van der Waals surface area contributed by atoms with E-state index in [0.29, 0.717) is 0 Å². The van der Waals surface area contributed by atoms with Crippen molar-refractivity contribution in [3.05, 3.63) is 42.0 Å². The largest absolute Gasteiger partial charge is 0.208 e. The Morgan fingerprint density at radius 3 is 2.57 bits per heavy atom. The molecule has 1 nitrogen and oxygen atoms in total. The van der Waals surface area contributed by atoms with Crippen molar-refractivity contribution in [2.45, 2.75) is 26.2 Å². The van der Waals surface area contributed by atoms with Crippen LogP contribution in [0.1, 0.15) is 26.3 Å². The smallest absolute Gasteiger partial charge is 0.208 e. The molecule has 0 fully saturated rings. The number of fused-ring (bicyclic) bond motifs is 1. The van der Waals surface area contributed by atoms with Crippen LogP contribution in [0.3, 0.4) is 0 Å². The quantitative estimate of drug-likeness (QED) is 0.686. The Labute approximate surface area is 85.2 Å². The van der Waals surface area contributed by atoms with Crippen molar-refractivity contribution in [2.24, 2.45) is 0 Å². The highest BCUT2D eigenvalue weighted by atomic mass is 14.8. The molecule has 0 saturated heterocycles. The Balaban J connectivity index is 2.56. The highest BCUT2D eigenvalue weighted by Gasteiger charge is 2.39. The topological polar surface area (TPSA) is 14.0 Å². The van der Waals surface area contributed by atoms with Crippen molar-refractivity contribution >= 4 is 11.4 Å². The van der Waals surface area contributed by atoms with E-state index in [9.17, 15) is 0 Å². The summed E-state index contributed by atoms with van der Waals surface area (Å²) in [6.07, 6.45) is 4.23. The Bertz CT molecular complexity index is 411. The van der Waals surface area contributed by atoms with Gasteiger partial charge in [0.05, 0.1) is 5.41 Å². The van der Waals surface area contributed by atoms with E-state index in [1.54, 1.807) is 0 Å². The molecule has 0 aliphatic carbocycles. The van der Waals surface area contributed by atoms with E-state index in [2.05, 4.69) is 55.3 Å². The second kappa shape index (κ2) is 3.09. The second-order valence-corrected chi connectivity index (χ2v) is 4.21. The summed E-state index contributed by atoms with van der Waals surface area (Å²) in [5, 5.41) is 0. The number of nitrogens with one attached hydrogen (secondary N) is 1. The molecule has 1 aliphatic rings. The fourth-order valence-electron chi connectivity index (χ4n) is 2.00. The van der Waals surface area contributed by atoms with Crippen molar-refractivity contribution < 1.29 is 4.99 Å².